The molecule has 4 rings (SSSR count). The van der Waals surface area contributed by atoms with Crippen LogP contribution >= 0.6 is 0 Å². The van der Waals surface area contributed by atoms with Crippen molar-refractivity contribution in [1.29, 1.82) is 0 Å². The second-order valence-corrected chi connectivity index (χ2v) is 6.39. The monoisotopic (exact) mass is 365 g/mol. The third kappa shape index (κ3) is 3.79. The number of pyridine rings is 1. The highest BCUT2D eigenvalue weighted by Gasteiger charge is 2.21. The Kier molecular flexibility index (Phi) is 5.04. The van der Waals surface area contributed by atoms with E-state index in [1.807, 2.05) is 18.2 Å². The lowest BCUT2D eigenvalue weighted by Crippen LogP contribution is -2.27. The summed E-state index contributed by atoms with van der Waals surface area (Å²) in [5, 5.41) is 16.5. The maximum atomic E-state index is 13.2. The van der Waals surface area contributed by atoms with E-state index in [0.717, 1.165) is 29.8 Å². The fourth-order valence-electron chi connectivity index (χ4n) is 3.18. The highest BCUT2D eigenvalue weighted by molar-refractivity contribution is 5.58. The van der Waals surface area contributed by atoms with Crippen molar-refractivity contribution in [2.24, 2.45) is 0 Å². The first-order valence-corrected chi connectivity index (χ1v) is 8.89. The van der Waals surface area contributed by atoms with E-state index in [1.165, 1.54) is 12.1 Å². The van der Waals surface area contributed by atoms with Crippen molar-refractivity contribution in [3.63, 3.8) is 0 Å². The van der Waals surface area contributed by atoms with Gasteiger partial charge in [-0.1, -0.05) is 18.2 Å². The summed E-state index contributed by atoms with van der Waals surface area (Å²) in [6.07, 6.45) is 2.50. The summed E-state index contributed by atoms with van der Waals surface area (Å²) in [4.78, 5) is 13.7. The van der Waals surface area contributed by atoms with Crippen molar-refractivity contribution < 1.29 is 9.50 Å². The molecule has 0 amide bonds. The molecule has 0 aliphatic carbocycles. The van der Waals surface area contributed by atoms with Crippen molar-refractivity contribution in [3.05, 3.63) is 71.3 Å². The number of aromatic nitrogens is 3. The summed E-state index contributed by atoms with van der Waals surface area (Å²) < 4.78 is 13.2. The summed E-state index contributed by atoms with van der Waals surface area (Å²) in [5.41, 5.74) is 3.44. The molecule has 0 saturated carbocycles. The zero-order valence-electron chi connectivity index (χ0n) is 14.7. The first-order valence-electron chi connectivity index (χ1n) is 8.89. The predicted molar refractivity (Wildman–Crippen MR) is 101 cm³/mol. The van der Waals surface area contributed by atoms with Gasteiger partial charge in [-0.2, -0.15) is 0 Å². The number of nitrogens with one attached hydrogen (secondary N) is 2. The van der Waals surface area contributed by atoms with Crippen LogP contribution in [0.1, 0.15) is 22.9 Å². The number of hydrogen-bond donors (Lipinski definition) is 3. The first-order chi connectivity index (χ1) is 13.2. The lowest BCUT2D eigenvalue weighted by atomic mass is 10.0. The summed E-state index contributed by atoms with van der Waals surface area (Å²) in [5.74, 6) is 0.917. The van der Waals surface area contributed by atoms with Gasteiger partial charge in [0.25, 0.3) is 0 Å². The van der Waals surface area contributed by atoms with Crippen molar-refractivity contribution >= 4 is 5.82 Å². The topological polar surface area (TPSA) is 83.0 Å². The molecule has 1 aromatic carbocycles. The lowest BCUT2D eigenvalue weighted by molar-refractivity contribution is 0.276. The molecule has 0 radical (unpaired) electrons. The van der Waals surface area contributed by atoms with Crippen LogP contribution in [-0.2, 0) is 13.0 Å². The Morgan fingerprint density at radius 3 is 2.74 bits per heavy atom. The van der Waals surface area contributed by atoms with E-state index in [2.05, 4.69) is 25.6 Å². The molecular formula is C20H20FN5O. The van der Waals surface area contributed by atoms with Crippen molar-refractivity contribution in [2.75, 3.05) is 18.5 Å². The van der Waals surface area contributed by atoms with Crippen molar-refractivity contribution in [2.45, 2.75) is 19.0 Å². The van der Waals surface area contributed by atoms with Crippen molar-refractivity contribution in [3.8, 4) is 11.5 Å². The Bertz CT molecular complexity index is 918. The lowest BCUT2D eigenvalue weighted by Gasteiger charge is -2.24. The van der Waals surface area contributed by atoms with E-state index in [4.69, 9.17) is 0 Å². The number of hydrogen-bond acceptors (Lipinski definition) is 6. The van der Waals surface area contributed by atoms with E-state index in [1.54, 1.807) is 18.3 Å². The van der Waals surface area contributed by atoms with E-state index in [0.29, 0.717) is 23.9 Å². The Morgan fingerprint density at radius 2 is 2.00 bits per heavy atom. The molecular weight excluding hydrogens is 345 g/mol. The molecule has 6 nitrogen and oxygen atoms in total. The molecule has 27 heavy (non-hydrogen) atoms. The molecule has 1 aliphatic heterocycles. The van der Waals surface area contributed by atoms with E-state index in [-0.39, 0.29) is 12.4 Å². The van der Waals surface area contributed by atoms with Gasteiger partial charge in [-0.3, -0.25) is 4.98 Å². The molecule has 7 heteroatoms. The van der Waals surface area contributed by atoms with Crippen LogP contribution in [0.15, 0.2) is 48.7 Å². The molecule has 1 aliphatic rings. The number of rotatable bonds is 5. The minimum atomic E-state index is -0.393. The van der Waals surface area contributed by atoms with Crippen LogP contribution in [0.25, 0.3) is 11.5 Å². The minimum Gasteiger partial charge on any atom is -0.394 e. The first kappa shape index (κ1) is 17.5. The summed E-state index contributed by atoms with van der Waals surface area (Å²) in [6, 6.07) is 11.3. The molecule has 3 heterocycles. The third-order valence-corrected chi connectivity index (χ3v) is 4.60. The van der Waals surface area contributed by atoms with Gasteiger partial charge in [0.1, 0.15) is 17.3 Å². The standard InChI is InChI=1S/C20H20FN5O/c21-14-6-4-13(5-7-14)18(12-27)25-19-15-8-10-22-11-17(15)24-20(26-19)16-3-1-2-9-23-16/h1-7,9,18,22,27H,8,10-12H2,(H,24,25,26)/t18-/m0/s1. The zero-order valence-corrected chi connectivity index (χ0v) is 14.7. The van der Waals surface area contributed by atoms with Crippen molar-refractivity contribution in [1.82, 2.24) is 20.3 Å². The molecule has 3 aromatic rings. The average molecular weight is 365 g/mol. The van der Waals surface area contributed by atoms with Gasteiger partial charge in [0.15, 0.2) is 5.82 Å². The van der Waals surface area contributed by atoms with Crippen LogP contribution in [0.2, 0.25) is 0 Å². The summed E-state index contributed by atoms with van der Waals surface area (Å²) >= 11 is 0. The van der Waals surface area contributed by atoms with Gasteiger partial charge < -0.3 is 15.7 Å². The van der Waals surface area contributed by atoms with Gasteiger partial charge in [0.2, 0.25) is 0 Å². The van der Waals surface area contributed by atoms with Crippen LogP contribution in [0.3, 0.4) is 0 Å². The second-order valence-electron chi connectivity index (χ2n) is 6.39. The van der Waals surface area contributed by atoms with E-state index in [9.17, 15) is 9.50 Å². The Balaban J connectivity index is 1.73. The van der Waals surface area contributed by atoms with E-state index < -0.39 is 6.04 Å². The van der Waals surface area contributed by atoms with Gasteiger partial charge >= 0.3 is 0 Å². The number of nitrogens with zero attached hydrogens (tertiary/aromatic N) is 3. The second kappa shape index (κ2) is 7.77. The van der Waals surface area contributed by atoms with Gasteiger partial charge in [-0.05, 0) is 42.8 Å². The number of anilines is 1. The fraction of sp³-hybridized carbons (Fsp3) is 0.250. The largest absolute Gasteiger partial charge is 0.394 e. The van der Waals surface area contributed by atoms with Crippen LogP contribution in [0.5, 0.6) is 0 Å². The highest BCUT2D eigenvalue weighted by Crippen LogP contribution is 2.27. The number of benzene rings is 1. The smallest absolute Gasteiger partial charge is 0.180 e. The quantitative estimate of drug-likeness (QED) is 0.644. The zero-order chi connectivity index (χ0) is 18.6. The minimum absolute atomic E-state index is 0.137. The molecule has 138 valence electrons. The molecule has 0 fully saturated rings. The molecule has 3 N–H and O–H groups in total. The third-order valence-electron chi connectivity index (χ3n) is 4.60. The number of aliphatic hydroxyl groups excluding tert-OH is 1. The molecule has 1 atom stereocenters. The van der Waals surface area contributed by atoms with Crippen LogP contribution < -0.4 is 10.6 Å². The van der Waals surface area contributed by atoms with Gasteiger partial charge in [0, 0.05) is 18.3 Å². The van der Waals surface area contributed by atoms with Gasteiger partial charge in [0.05, 0.1) is 18.3 Å². The molecule has 0 saturated heterocycles. The fourth-order valence-corrected chi connectivity index (χ4v) is 3.18. The Hall–Kier alpha value is -2.90. The summed E-state index contributed by atoms with van der Waals surface area (Å²) in [6.45, 7) is 1.36. The predicted octanol–water partition coefficient (Wildman–Crippen LogP) is 2.47. The number of aliphatic hydroxyl groups is 1. The highest BCUT2D eigenvalue weighted by atomic mass is 19.1. The Morgan fingerprint density at radius 1 is 1.15 bits per heavy atom. The Labute approximate surface area is 156 Å². The number of fused-ring (bicyclic) bond motifs is 1. The van der Waals surface area contributed by atoms with Crippen LogP contribution in [0, 0.1) is 5.82 Å². The van der Waals surface area contributed by atoms with Gasteiger partial charge in [-0.15, -0.1) is 0 Å². The average Bonchev–Trinajstić information content (AvgIpc) is 2.73. The molecule has 2 aromatic heterocycles. The van der Waals surface area contributed by atoms with Crippen LogP contribution in [-0.4, -0.2) is 33.2 Å². The van der Waals surface area contributed by atoms with E-state index >= 15 is 0 Å². The van der Waals surface area contributed by atoms with Crippen LogP contribution in [0.4, 0.5) is 10.2 Å². The summed E-state index contributed by atoms with van der Waals surface area (Å²) in [7, 11) is 0. The maximum Gasteiger partial charge on any atom is 0.180 e. The molecule has 0 bridgehead atoms. The SMILES string of the molecule is OC[C@H](Nc1nc(-c2ccccn2)nc2c1CCNC2)c1ccc(F)cc1. The number of halogens is 1. The molecule has 0 spiro atoms. The maximum absolute atomic E-state index is 13.2. The van der Waals surface area contributed by atoms with Gasteiger partial charge in [-0.25, -0.2) is 14.4 Å². The normalized spacial score (nSPS) is 14.4. The molecule has 0 unspecified atom stereocenters.